The number of aryl methyl sites for hydroxylation is 1. The van der Waals surface area contributed by atoms with Crippen LogP contribution in [0.2, 0.25) is 0 Å². The summed E-state index contributed by atoms with van der Waals surface area (Å²) in [4.78, 5) is 30.2. The fourth-order valence-corrected chi connectivity index (χ4v) is 1.65. The van der Waals surface area contributed by atoms with Gasteiger partial charge in [-0.1, -0.05) is 0 Å². The molecule has 0 fully saturated rings. The van der Waals surface area contributed by atoms with Crippen molar-refractivity contribution in [3.05, 3.63) is 15.8 Å². The Labute approximate surface area is 122 Å². The maximum atomic E-state index is 11.8. The van der Waals surface area contributed by atoms with Crippen LogP contribution in [0.3, 0.4) is 0 Å². The van der Waals surface area contributed by atoms with Gasteiger partial charge in [-0.3, -0.25) is 14.9 Å². The van der Waals surface area contributed by atoms with Crippen molar-refractivity contribution in [2.24, 2.45) is 0 Å². The number of anilines is 2. The first-order valence-electron chi connectivity index (χ1n) is 6.39. The van der Waals surface area contributed by atoms with Gasteiger partial charge in [0.2, 0.25) is 17.7 Å². The maximum Gasteiger partial charge on any atom is 0.332 e. The zero-order chi connectivity index (χ0) is 16.2. The van der Waals surface area contributed by atoms with Gasteiger partial charge >= 0.3 is 5.69 Å². The van der Waals surface area contributed by atoms with Crippen molar-refractivity contribution in [3.63, 3.8) is 0 Å². The third kappa shape index (κ3) is 4.86. The van der Waals surface area contributed by atoms with Crippen LogP contribution in [0, 0.1) is 17.0 Å². The molecule has 0 aromatic carbocycles. The lowest BCUT2D eigenvalue weighted by Gasteiger charge is -2.20. The highest BCUT2D eigenvalue weighted by atomic mass is 16.6. The average molecular weight is 296 g/mol. The lowest BCUT2D eigenvalue weighted by molar-refractivity contribution is -0.385. The van der Waals surface area contributed by atoms with E-state index in [4.69, 9.17) is 0 Å². The van der Waals surface area contributed by atoms with Crippen LogP contribution in [0.25, 0.3) is 0 Å². The fraction of sp³-hybridized carbons (Fsp3) is 0.583. The molecule has 3 N–H and O–H groups in total. The molecule has 9 nitrogen and oxygen atoms in total. The molecule has 0 atom stereocenters. The molecule has 0 aliphatic heterocycles. The molecule has 1 heterocycles. The summed E-state index contributed by atoms with van der Waals surface area (Å²) in [5.74, 6) is -0.0168. The van der Waals surface area contributed by atoms with E-state index >= 15 is 0 Å². The minimum absolute atomic E-state index is 0.0147. The first-order valence-corrected chi connectivity index (χ1v) is 6.39. The third-order valence-electron chi connectivity index (χ3n) is 2.40. The quantitative estimate of drug-likeness (QED) is 0.548. The van der Waals surface area contributed by atoms with E-state index in [9.17, 15) is 14.9 Å². The summed E-state index contributed by atoms with van der Waals surface area (Å²) in [6.45, 7) is 6.95. The molecule has 0 radical (unpaired) electrons. The van der Waals surface area contributed by atoms with Gasteiger partial charge in [0.05, 0.1) is 11.5 Å². The summed E-state index contributed by atoms with van der Waals surface area (Å²) in [5, 5.41) is 19.2. The number of rotatable bonds is 5. The lowest BCUT2D eigenvalue weighted by Crippen LogP contribution is -2.43. The molecular weight excluding hydrogens is 276 g/mol. The first kappa shape index (κ1) is 16.6. The largest absolute Gasteiger partial charge is 0.357 e. The topological polar surface area (TPSA) is 122 Å². The Hall–Kier alpha value is -2.45. The van der Waals surface area contributed by atoms with Gasteiger partial charge in [-0.15, -0.1) is 0 Å². The van der Waals surface area contributed by atoms with Gasteiger partial charge < -0.3 is 16.0 Å². The van der Waals surface area contributed by atoms with Crippen LogP contribution in [-0.4, -0.2) is 39.9 Å². The van der Waals surface area contributed by atoms with Gasteiger partial charge in [0.1, 0.15) is 5.69 Å². The number of hydrogen-bond acceptors (Lipinski definition) is 7. The normalized spacial score (nSPS) is 10.9. The Bertz CT molecular complexity index is 553. The standard InChI is InChI=1S/C12H20N6O3/c1-7-9(18(20)21)10(16-11(13-5)15-7)14-6-8(19)17-12(2,3)4/h6H2,1-5H3,(H,17,19)(H2,13,14,15,16). The smallest absolute Gasteiger partial charge is 0.332 e. The number of aromatic nitrogens is 2. The van der Waals surface area contributed by atoms with Gasteiger partial charge in [0.25, 0.3) is 0 Å². The van der Waals surface area contributed by atoms with Crippen molar-refractivity contribution in [2.75, 3.05) is 24.2 Å². The van der Waals surface area contributed by atoms with Gasteiger partial charge in [0, 0.05) is 12.6 Å². The summed E-state index contributed by atoms with van der Waals surface area (Å²) < 4.78 is 0. The highest BCUT2D eigenvalue weighted by Crippen LogP contribution is 2.26. The molecule has 0 saturated heterocycles. The summed E-state index contributed by atoms with van der Waals surface area (Å²) in [5.41, 5.74) is -0.391. The number of carbonyl (C=O) groups excluding carboxylic acids is 1. The fourth-order valence-electron chi connectivity index (χ4n) is 1.65. The van der Waals surface area contributed by atoms with E-state index in [-0.39, 0.29) is 41.1 Å². The van der Waals surface area contributed by atoms with E-state index in [2.05, 4.69) is 25.9 Å². The second-order valence-corrected chi connectivity index (χ2v) is 5.49. The van der Waals surface area contributed by atoms with Gasteiger partial charge in [-0.2, -0.15) is 4.98 Å². The molecular formula is C12H20N6O3. The van der Waals surface area contributed by atoms with E-state index in [0.717, 1.165) is 0 Å². The summed E-state index contributed by atoms with van der Waals surface area (Å²) >= 11 is 0. The first-order chi connectivity index (χ1) is 9.64. The van der Waals surface area contributed by atoms with Crippen LogP contribution in [0.4, 0.5) is 17.5 Å². The number of carbonyl (C=O) groups is 1. The summed E-state index contributed by atoms with van der Waals surface area (Å²) in [6, 6.07) is 0. The second kappa shape index (κ2) is 6.33. The average Bonchev–Trinajstić information content (AvgIpc) is 2.32. The van der Waals surface area contributed by atoms with Crippen molar-refractivity contribution in [2.45, 2.75) is 33.2 Å². The predicted molar refractivity (Wildman–Crippen MR) is 79.4 cm³/mol. The van der Waals surface area contributed by atoms with Crippen LogP contribution in [0.15, 0.2) is 0 Å². The Morgan fingerprint density at radius 2 is 1.95 bits per heavy atom. The molecule has 1 rings (SSSR count). The molecule has 0 bridgehead atoms. The Morgan fingerprint density at radius 3 is 2.43 bits per heavy atom. The minimum atomic E-state index is -0.571. The molecule has 0 saturated carbocycles. The van der Waals surface area contributed by atoms with Crippen LogP contribution in [0.5, 0.6) is 0 Å². The van der Waals surface area contributed by atoms with Gasteiger partial charge in [-0.25, -0.2) is 4.98 Å². The number of hydrogen-bond donors (Lipinski definition) is 3. The van der Waals surface area contributed by atoms with Crippen LogP contribution < -0.4 is 16.0 Å². The Kier molecular flexibility index (Phi) is 5.01. The second-order valence-electron chi connectivity index (χ2n) is 5.49. The summed E-state index contributed by atoms with van der Waals surface area (Å²) in [6.07, 6.45) is 0. The molecule has 0 spiro atoms. The SMILES string of the molecule is CNc1nc(C)c([N+](=O)[O-])c(NCC(=O)NC(C)(C)C)n1. The zero-order valence-electron chi connectivity index (χ0n) is 12.8. The molecule has 9 heteroatoms. The van der Waals surface area contributed by atoms with Crippen molar-refractivity contribution in [1.29, 1.82) is 0 Å². The predicted octanol–water partition coefficient (Wildman–Crippen LogP) is 1.06. The van der Waals surface area contributed by atoms with Crippen molar-refractivity contribution < 1.29 is 9.72 Å². The number of nitrogens with one attached hydrogen (secondary N) is 3. The third-order valence-corrected chi connectivity index (χ3v) is 2.40. The molecule has 116 valence electrons. The van der Waals surface area contributed by atoms with Crippen molar-refractivity contribution in [1.82, 2.24) is 15.3 Å². The van der Waals surface area contributed by atoms with Crippen molar-refractivity contribution >= 4 is 23.4 Å². The Balaban J connectivity index is 2.94. The maximum absolute atomic E-state index is 11.8. The molecule has 1 amide bonds. The van der Waals surface area contributed by atoms with Gasteiger partial charge in [0.15, 0.2) is 0 Å². The summed E-state index contributed by atoms with van der Waals surface area (Å²) in [7, 11) is 1.61. The van der Waals surface area contributed by atoms with Crippen molar-refractivity contribution in [3.8, 4) is 0 Å². The molecule has 21 heavy (non-hydrogen) atoms. The van der Waals surface area contributed by atoms with Crippen LogP contribution in [0.1, 0.15) is 26.5 Å². The minimum Gasteiger partial charge on any atom is -0.357 e. The number of amides is 1. The molecule has 0 aliphatic carbocycles. The number of nitro groups is 1. The lowest BCUT2D eigenvalue weighted by atomic mass is 10.1. The molecule has 0 unspecified atom stereocenters. The van der Waals surface area contributed by atoms with E-state index in [0.29, 0.717) is 0 Å². The van der Waals surface area contributed by atoms with E-state index in [1.54, 1.807) is 7.05 Å². The molecule has 1 aromatic heterocycles. The Morgan fingerprint density at radius 1 is 1.33 bits per heavy atom. The highest BCUT2D eigenvalue weighted by Gasteiger charge is 2.22. The highest BCUT2D eigenvalue weighted by molar-refractivity contribution is 5.82. The molecule has 1 aromatic rings. The van der Waals surface area contributed by atoms with Crippen LogP contribution in [-0.2, 0) is 4.79 Å². The van der Waals surface area contributed by atoms with E-state index in [1.807, 2.05) is 20.8 Å². The van der Waals surface area contributed by atoms with Gasteiger partial charge in [-0.05, 0) is 27.7 Å². The van der Waals surface area contributed by atoms with E-state index < -0.39 is 4.92 Å². The number of nitrogens with zero attached hydrogens (tertiary/aromatic N) is 3. The molecule has 0 aliphatic rings. The van der Waals surface area contributed by atoms with Crippen LogP contribution >= 0.6 is 0 Å². The monoisotopic (exact) mass is 296 g/mol. The zero-order valence-corrected chi connectivity index (χ0v) is 12.8. The van der Waals surface area contributed by atoms with E-state index in [1.165, 1.54) is 6.92 Å².